The summed E-state index contributed by atoms with van der Waals surface area (Å²) in [7, 11) is 2.07. The third kappa shape index (κ3) is 2.27. The Labute approximate surface area is 106 Å². The molecule has 2 unspecified atom stereocenters. The largest absolute Gasteiger partial charge is 0.397 e. The van der Waals surface area contributed by atoms with Crippen molar-refractivity contribution in [3.8, 4) is 0 Å². The summed E-state index contributed by atoms with van der Waals surface area (Å²) in [5.41, 5.74) is 6.66. The second kappa shape index (κ2) is 4.72. The number of anilines is 2. The Morgan fingerprint density at radius 2 is 1.61 bits per heavy atom. The SMILES string of the molecule is CC1CN(c2cc(F)c(F)cc2N)CC(C)N1C. The minimum atomic E-state index is -0.897. The van der Waals surface area contributed by atoms with Crippen LogP contribution < -0.4 is 10.6 Å². The maximum absolute atomic E-state index is 13.3. The van der Waals surface area contributed by atoms with Crippen LogP contribution in [0, 0.1) is 11.6 Å². The molecule has 2 rings (SSSR count). The monoisotopic (exact) mass is 255 g/mol. The average molecular weight is 255 g/mol. The van der Waals surface area contributed by atoms with Crippen molar-refractivity contribution in [2.24, 2.45) is 0 Å². The number of nitrogens with zero attached hydrogens (tertiary/aromatic N) is 2. The van der Waals surface area contributed by atoms with Gasteiger partial charge in [-0.05, 0) is 20.9 Å². The molecule has 0 aromatic heterocycles. The van der Waals surface area contributed by atoms with Crippen LogP contribution in [0.5, 0.6) is 0 Å². The van der Waals surface area contributed by atoms with Crippen molar-refractivity contribution in [2.45, 2.75) is 25.9 Å². The molecule has 1 heterocycles. The molecule has 1 fully saturated rings. The van der Waals surface area contributed by atoms with Crippen molar-refractivity contribution < 1.29 is 8.78 Å². The number of halogens is 2. The first kappa shape index (κ1) is 13.1. The predicted molar refractivity (Wildman–Crippen MR) is 69.7 cm³/mol. The fraction of sp³-hybridized carbons (Fsp3) is 0.538. The minimum absolute atomic E-state index is 0.290. The lowest BCUT2D eigenvalue weighted by molar-refractivity contribution is 0.170. The summed E-state index contributed by atoms with van der Waals surface area (Å²) in [5, 5.41) is 0. The van der Waals surface area contributed by atoms with Gasteiger partial charge in [-0.3, -0.25) is 4.90 Å². The smallest absolute Gasteiger partial charge is 0.161 e. The highest BCUT2D eigenvalue weighted by molar-refractivity contribution is 5.68. The van der Waals surface area contributed by atoms with E-state index in [9.17, 15) is 8.78 Å². The fourth-order valence-electron chi connectivity index (χ4n) is 2.43. The van der Waals surface area contributed by atoms with Crippen LogP contribution in [0.2, 0.25) is 0 Å². The van der Waals surface area contributed by atoms with E-state index in [0.29, 0.717) is 17.8 Å². The zero-order valence-electron chi connectivity index (χ0n) is 11.0. The summed E-state index contributed by atoms with van der Waals surface area (Å²) in [6.45, 7) is 5.74. The van der Waals surface area contributed by atoms with Crippen molar-refractivity contribution in [1.29, 1.82) is 0 Å². The molecule has 0 aliphatic carbocycles. The Morgan fingerprint density at radius 3 is 2.17 bits per heavy atom. The quantitative estimate of drug-likeness (QED) is 0.780. The molecular weight excluding hydrogens is 236 g/mol. The Hall–Kier alpha value is -1.36. The molecule has 1 aromatic carbocycles. The van der Waals surface area contributed by atoms with Gasteiger partial charge in [0.1, 0.15) is 0 Å². The second-order valence-electron chi connectivity index (χ2n) is 5.09. The van der Waals surface area contributed by atoms with Gasteiger partial charge in [0.05, 0.1) is 11.4 Å². The molecule has 100 valence electrons. The van der Waals surface area contributed by atoms with Crippen molar-refractivity contribution in [2.75, 3.05) is 30.8 Å². The van der Waals surface area contributed by atoms with Crippen LogP contribution >= 0.6 is 0 Å². The van der Waals surface area contributed by atoms with E-state index >= 15 is 0 Å². The number of piperazine rings is 1. The molecular formula is C13H19F2N3. The molecule has 1 aliphatic heterocycles. The van der Waals surface area contributed by atoms with Crippen molar-refractivity contribution in [3.63, 3.8) is 0 Å². The van der Waals surface area contributed by atoms with Gasteiger partial charge in [-0.2, -0.15) is 0 Å². The van der Waals surface area contributed by atoms with E-state index in [-0.39, 0.29) is 5.69 Å². The van der Waals surface area contributed by atoms with Gasteiger partial charge in [-0.1, -0.05) is 0 Å². The van der Waals surface area contributed by atoms with Crippen LogP contribution in [0.15, 0.2) is 12.1 Å². The van der Waals surface area contributed by atoms with Crippen LogP contribution in [0.25, 0.3) is 0 Å². The van der Waals surface area contributed by atoms with Crippen LogP contribution in [-0.4, -0.2) is 37.1 Å². The lowest BCUT2D eigenvalue weighted by Gasteiger charge is -2.43. The Balaban J connectivity index is 2.29. The van der Waals surface area contributed by atoms with Gasteiger partial charge in [0, 0.05) is 37.3 Å². The highest BCUT2D eigenvalue weighted by Gasteiger charge is 2.28. The molecule has 0 amide bonds. The van der Waals surface area contributed by atoms with Crippen molar-refractivity contribution >= 4 is 11.4 Å². The molecule has 1 aliphatic rings. The molecule has 0 saturated carbocycles. The average Bonchev–Trinajstić information content (AvgIpc) is 2.30. The molecule has 1 saturated heterocycles. The van der Waals surface area contributed by atoms with Gasteiger partial charge in [-0.25, -0.2) is 8.78 Å². The first-order chi connectivity index (χ1) is 8.40. The summed E-state index contributed by atoms with van der Waals surface area (Å²) in [6, 6.07) is 2.94. The zero-order chi connectivity index (χ0) is 13.4. The van der Waals surface area contributed by atoms with E-state index in [2.05, 4.69) is 25.8 Å². The molecule has 0 radical (unpaired) electrons. The number of likely N-dealkylation sites (N-methyl/N-ethyl adjacent to an activating group) is 1. The van der Waals surface area contributed by atoms with E-state index in [0.717, 1.165) is 19.2 Å². The van der Waals surface area contributed by atoms with Gasteiger partial charge in [-0.15, -0.1) is 0 Å². The Kier molecular flexibility index (Phi) is 3.43. The van der Waals surface area contributed by atoms with Gasteiger partial charge in [0.2, 0.25) is 0 Å². The fourth-order valence-corrected chi connectivity index (χ4v) is 2.43. The van der Waals surface area contributed by atoms with Gasteiger partial charge >= 0.3 is 0 Å². The highest BCUT2D eigenvalue weighted by atomic mass is 19.2. The first-order valence-corrected chi connectivity index (χ1v) is 6.11. The van der Waals surface area contributed by atoms with Crippen molar-refractivity contribution in [3.05, 3.63) is 23.8 Å². The lowest BCUT2D eigenvalue weighted by atomic mass is 10.1. The lowest BCUT2D eigenvalue weighted by Crippen LogP contribution is -2.55. The second-order valence-corrected chi connectivity index (χ2v) is 5.09. The summed E-state index contributed by atoms with van der Waals surface area (Å²) >= 11 is 0. The third-order valence-corrected chi connectivity index (χ3v) is 3.77. The van der Waals surface area contributed by atoms with E-state index < -0.39 is 11.6 Å². The molecule has 0 spiro atoms. The summed E-state index contributed by atoms with van der Waals surface area (Å²) in [4.78, 5) is 4.29. The minimum Gasteiger partial charge on any atom is -0.397 e. The van der Waals surface area contributed by atoms with Crippen LogP contribution in [0.1, 0.15) is 13.8 Å². The summed E-state index contributed by atoms with van der Waals surface area (Å²) in [6.07, 6.45) is 0. The van der Waals surface area contributed by atoms with Gasteiger partial charge < -0.3 is 10.6 Å². The maximum atomic E-state index is 13.3. The molecule has 5 heteroatoms. The highest BCUT2D eigenvalue weighted by Crippen LogP contribution is 2.29. The maximum Gasteiger partial charge on any atom is 0.161 e. The number of nitrogen functional groups attached to an aromatic ring is 1. The van der Waals surface area contributed by atoms with Crippen LogP contribution in [0.4, 0.5) is 20.2 Å². The number of hydrogen-bond donors (Lipinski definition) is 1. The number of hydrogen-bond acceptors (Lipinski definition) is 3. The van der Waals surface area contributed by atoms with E-state index in [1.165, 1.54) is 6.07 Å². The molecule has 0 bridgehead atoms. The van der Waals surface area contributed by atoms with Gasteiger partial charge in [0.25, 0.3) is 0 Å². The van der Waals surface area contributed by atoms with E-state index in [4.69, 9.17) is 5.73 Å². The first-order valence-electron chi connectivity index (χ1n) is 6.11. The Bertz CT molecular complexity index is 438. The molecule has 2 atom stereocenters. The van der Waals surface area contributed by atoms with E-state index in [1.807, 2.05) is 4.90 Å². The van der Waals surface area contributed by atoms with Crippen molar-refractivity contribution in [1.82, 2.24) is 4.90 Å². The van der Waals surface area contributed by atoms with Crippen LogP contribution in [-0.2, 0) is 0 Å². The summed E-state index contributed by atoms with van der Waals surface area (Å²) < 4.78 is 26.4. The predicted octanol–water partition coefficient (Wildman–Crippen LogP) is 2.08. The van der Waals surface area contributed by atoms with E-state index in [1.54, 1.807) is 0 Å². The normalized spacial score (nSPS) is 25.5. The molecule has 18 heavy (non-hydrogen) atoms. The number of nitrogens with two attached hydrogens (primary N) is 1. The molecule has 3 nitrogen and oxygen atoms in total. The number of benzene rings is 1. The topological polar surface area (TPSA) is 32.5 Å². The third-order valence-electron chi connectivity index (χ3n) is 3.77. The van der Waals surface area contributed by atoms with Gasteiger partial charge in [0.15, 0.2) is 11.6 Å². The zero-order valence-corrected chi connectivity index (χ0v) is 11.0. The number of rotatable bonds is 1. The Morgan fingerprint density at radius 1 is 1.11 bits per heavy atom. The molecule has 1 aromatic rings. The standard InChI is InChI=1S/C13H19F2N3/c1-8-6-18(7-9(2)17(8)3)13-5-11(15)10(14)4-12(13)16/h4-5,8-9H,6-7,16H2,1-3H3. The van der Waals surface area contributed by atoms with Crippen LogP contribution in [0.3, 0.4) is 0 Å². The summed E-state index contributed by atoms with van der Waals surface area (Å²) in [5.74, 6) is -1.75. The molecule has 2 N–H and O–H groups in total.